The highest BCUT2D eigenvalue weighted by Crippen LogP contribution is 2.06. The summed E-state index contributed by atoms with van der Waals surface area (Å²) in [6.07, 6.45) is 0. The molecule has 1 aromatic rings. The largest absolute Gasteiger partial charge is 0.350 e. The number of rotatable bonds is 5. The van der Waals surface area contributed by atoms with E-state index in [4.69, 9.17) is 0 Å². The standard InChI is InChI=1S/C13H20N2O.ClH/c1-4-14-11(3)9-15-13(16)12-8-6-5-7-10(12)2;/h5-8,11,14H,4,9H2,1-3H3,(H,15,16);1H/t11-;/m1./s1. The molecule has 4 heteroatoms. The molecule has 17 heavy (non-hydrogen) atoms. The van der Waals surface area contributed by atoms with Gasteiger partial charge in [-0.25, -0.2) is 0 Å². The van der Waals surface area contributed by atoms with Crippen LogP contribution in [0.1, 0.15) is 29.8 Å². The molecule has 0 spiro atoms. The lowest BCUT2D eigenvalue weighted by atomic mass is 10.1. The monoisotopic (exact) mass is 256 g/mol. The molecule has 0 aliphatic heterocycles. The van der Waals surface area contributed by atoms with E-state index >= 15 is 0 Å². The molecule has 2 N–H and O–H groups in total. The van der Waals surface area contributed by atoms with E-state index in [9.17, 15) is 4.79 Å². The van der Waals surface area contributed by atoms with Crippen molar-refractivity contribution in [2.75, 3.05) is 13.1 Å². The third-order valence-electron chi connectivity index (χ3n) is 2.51. The fourth-order valence-corrected chi connectivity index (χ4v) is 1.59. The summed E-state index contributed by atoms with van der Waals surface area (Å²) in [6.45, 7) is 7.63. The highest BCUT2D eigenvalue weighted by Gasteiger charge is 2.08. The molecule has 0 bridgehead atoms. The number of nitrogens with one attached hydrogen (secondary N) is 2. The third kappa shape index (κ3) is 5.20. The first-order chi connectivity index (χ1) is 7.65. The lowest BCUT2D eigenvalue weighted by Crippen LogP contribution is -2.38. The van der Waals surface area contributed by atoms with Crippen LogP contribution >= 0.6 is 12.4 Å². The number of carbonyl (C=O) groups is 1. The Morgan fingerprint density at radius 3 is 2.59 bits per heavy atom. The number of likely N-dealkylation sites (N-methyl/N-ethyl adjacent to an activating group) is 1. The summed E-state index contributed by atoms with van der Waals surface area (Å²) in [5, 5.41) is 6.18. The first-order valence-corrected chi connectivity index (χ1v) is 5.72. The number of benzene rings is 1. The summed E-state index contributed by atoms with van der Waals surface area (Å²) in [4.78, 5) is 11.8. The van der Waals surface area contributed by atoms with Crippen LogP contribution in [0.5, 0.6) is 0 Å². The molecule has 0 radical (unpaired) electrons. The van der Waals surface area contributed by atoms with Gasteiger partial charge in [-0.2, -0.15) is 0 Å². The van der Waals surface area contributed by atoms with E-state index in [0.29, 0.717) is 12.6 Å². The summed E-state index contributed by atoms with van der Waals surface area (Å²) in [5.74, 6) is 0.00264. The molecule has 96 valence electrons. The van der Waals surface area contributed by atoms with Crippen molar-refractivity contribution in [1.82, 2.24) is 10.6 Å². The maximum absolute atomic E-state index is 11.8. The minimum Gasteiger partial charge on any atom is -0.350 e. The molecule has 0 aliphatic carbocycles. The minimum atomic E-state index is 0. The smallest absolute Gasteiger partial charge is 0.251 e. The average Bonchev–Trinajstić information content (AvgIpc) is 2.27. The molecule has 0 heterocycles. The fourth-order valence-electron chi connectivity index (χ4n) is 1.59. The first kappa shape index (κ1) is 15.9. The van der Waals surface area contributed by atoms with Gasteiger partial charge >= 0.3 is 0 Å². The highest BCUT2D eigenvalue weighted by molar-refractivity contribution is 5.95. The Morgan fingerprint density at radius 1 is 1.35 bits per heavy atom. The molecule has 0 saturated heterocycles. The summed E-state index contributed by atoms with van der Waals surface area (Å²) in [5.41, 5.74) is 1.77. The Labute approximate surface area is 109 Å². The second-order valence-corrected chi connectivity index (χ2v) is 3.98. The van der Waals surface area contributed by atoms with Crippen LogP contribution in [0.15, 0.2) is 24.3 Å². The summed E-state index contributed by atoms with van der Waals surface area (Å²) < 4.78 is 0. The van der Waals surface area contributed by atoms with Crippen molar-refractivity contribution in [3.8, 4) is 0 Å². The number of carbonyl (C=O) groups excluding carboxylic acids is 1. The van der Waals surface area contributed by atoms with Crippen LogP contribution in [-0.4, -0.2) is 25.0 Å². The molecule has 3 nitrogen and oxygen atoms in total. The molecule has 1 aromatic carbocycles. The zero-order chi connectivity index (χ0) is 12.0. The van der Waals surface area contributed by atoms with E-state index in [-0.39, 0.29) is 18.3 Å². The maximum Gasteiger partial charge on any atom is 0.251 e. The molecule has 0 fully saturated rings. The lowest BCUT2D eigenvalue weighted by Gasteiger charge is -2.13. The van der Waals surface area contributed by atoms with Crippen molar-refractivity contribution in [2.24, 2.45) is 0 Å². The number of halogens is 1. The van der Waals surface area contributed by atoms with Crippen molar-refractivity contribution in [2.45, 2.75) is 26.8 Å². The van der Waals surface area contributed by atoms with Crippen LogP contribution in [0.4, 0.5) is 0 Å². The van der Waals surface area contributed by atoms with Gasteiger partial charge in [-0.1, -0.05) is 25.1 Å². The number of aryl methyl sites for hydroxylation is 1. The zero-order valence-electron chi connectivity index (χ0n) is 10.6. The normalized spacial score (nSPS) is 11.5. The highest BCUT2D eigenvalue weighted by atomic mass is 35.5. The first-order valence-electron chi connectivity index (χ1n) is 5.72. The summed E-state index contributed by atoms with van der Waals surface area (Å²) in [7, 11) is 0. The van der Waals surface area contributed by atoms with E-state index in [1.54, 1.807) is 0 Å². The van der Waals surface area contributed by atoms with Gasteiger partial charge in [0.25, 0.3) is 5.91 Å². The van der Waals surface area contributed by atoms with Gasteiger partial charge in [0.15, 0.2) is 0 Å². The number of amides is 1. The van der Waals surface area contributed by atoms with E-state index < -0.39 is 0 Å². The second-order valence-electron chi connectivity index (χ2n) is 3.98. The SMILES string of the molecule is CCN[C@H](C)CNC(=O)c1ccccc1C.Cl. The minimum absolute atomic E-state index is 0. The molecule has 1 atom stereocenters. The fraction of sp³-hybridized carbons (Fsp3) is 0.462. The Kier molecular flexibility index (Phi) is 7.59. The van der Waals surface area contributed by atoms with Gasteiger partial charge in [-0.15, -0.1) is 12.4 Å². The van der Waals surface area contributed by atoms with Crippen LogP contribution in [0.25, 0.3) is 0 Å². The number of hydrogen-bond donors (Lipinski definition) is 2. The zero-order valence-corrected chi connectivity index (χ0v) is 11.4. The topological polar surface area (TPSA) is 41.1 Å². The van der Waals surface area contributed by atoms with Gasteiger partial charge in [0.05, 0.1) is 0 Å². The summed E-state index contributed by atoms with van der Waals surface area (Å²) in [6, 6.07) is 7.92. The van der Waals surface area contributed by atoms with E-state index in [2.05, 4.69) is 24.5 Å². The summed E-state index contributed by atoms with van der Waals surface area (Å²) >= 11 is 0. The van der Waals surface area contributed by atoms with Gasteiger partial charge in [0, 0.05) is 18.2 Å². The van der Waals surface area contributed by atoms with E-state index in [1.807, 2.05) is 31.2 Å². The number of hydrogen-bond acceptors (Lipinski definition) is 2. The predicted octanol–water partition coefficient (Wildman–Crippen LogP) is 2.14. The van der Waals surface area contributed by atoms with E-state index in [1.165, 1.54) is 0 Å². The molecular weight excluding hydrogens is 236 g/mol. The van der Waals surface area contributed by atoms with Crippen molar-refractivity contribution in [3.63, 3.8) is 0 Å². The predicted molar refractivity (Wildman–Crippen MR) is 73.9 cm³/mol. The quantitative estimate of drug-likeness (QED) is 0.848. The van der Waals surface area contributed by atoms with Gasteiger partial charge in [0.2, 0.25) is 0 Å². The van der Waals surface area contributed by atoms with Gasteiger partial charge in [0.1, 0.15) is 0 Å². The Hall–Kier alpha value is -1.06. The van der Waals surface area contributed by atoms with Crippen molar-refractivity contribution in [3.05, 3.63) is 35.4 Å². The van der Waals surface area contributed by atoms with Crippen molar-refractivity contribution >= 4 is 18.3 Å². The average molecular weight is 257 g/mol. The third-order valence-corrected chi connectivity index (χ3v) is 2.51. The maximum atomic E-state index is 11.8. The van der Waals surface area contributed by atoms with Crippen LogP contribution in [0.2, 0.25) is 0 Å². The molecule has 1 amide bonds. The molecule has 1 rings (SSSR count). The van der Waals surface area contributed by atoms with Crippen LogP contribution in [-0.2, 0) is 0 Å². The Balaban J connectivity index is 0.00000256. The Bertz CT molecular complexity index is 355. The Morgan fingerprint density at radius 2 is 2.00 bits per heavy atom. The van der Waals surface area contributed by atoms with Crippen LogP contribution in [0.3, 0.4) is 0 Å². The molecule has 0 saturated carbocycles. The van der Waals surface area contributed by atoms with Crippen molar-refractivity contribution in [1.29, 1.82) is 0 Å². The van der Waals surface area contributed by atoms with Crippen LogP contribution < -0.4 is 10.6 Å². The van der Waals surface area contributed by atoms with Gasteiger partial charge < -0.3 is 10.6 Å². The molecule has 0 unspecified atom stereocenters. The van der Waals surface area contributed by atoms with Gasteiger partial charge in [-0.05, 0) is 32.0 Å². The van der Waals surface area contributed by atoms with E-state index in [0.717, 1.165) is 17.7 Å². The van der Waals surface area contributed by atoms with Gasteiger partial charge in [-0.3, -0.25) is 4.79 Å². The second kappa shape index (κ2) is 8.09. The van der Waals surface area contributed by atoms with Crippen molar-refractivity contribution < 1.29 is 4.79 Å². The van der Waals surface area contributed by atoms with Crippen LogP contribution in [0, 0.1) is 6.92 Å². The molecular formula is C13H21ClN2O. The lowest BCUT2D eigenvalue weighted by molar-refractivity contribution is 0.0949. The molecule has 0 aliphatic rings. The molecule has 0 aromatic heterocycles.